The number of amides is 2. The molecule has 7 heteroatoms. The van der Waals surface area contributed by atoms with Gasteiger partial charge in [-0.15, -0.1) is 0 Å². The van der Waals surface area contributed by atoms with E-state index in [4.69, 9.17) is 9.72 Å². The molecule has 172 valence electrons. The lowest BCUT2D eigenvalue weighted by Crippen LogP contribution is -2.43. The van der Waals surface area contributed by atoms with Crippen LogP contribution in [-0.2, 0) is 16.0 Å². The molecule has 2 amide bonds. The standard InChI is InChI=1S/C26H28FN3O3/c1-17(2)15-28-26(32)21-14-23(29-22-9-4-3-8-20(21)22)24-16-30(10-11-33-24)25(31)13-18-6-5-7-19(27)12-18/h3-9,12,14,17,24H,10-11,13,15-16H2,1-2H3,(H,28,32)/t24-/m0/s1. The van der Waals surface area contributed by atoms with Gasteiger partial charge in [-0.1, -0.05) is 44.2 Å². The van der Waals surface area contributed by atoms with Crippen molar-refractivity contribution in [3.8, 4) is 0 Å². The second-order valence-electron chi connectivity index (χ2n) is 8.72. The van der Waals surface area contributed by atoms with Gasteiger partial charge in [0.25, 0.3) is 5.91 Å². The number of hydrogen-bond acceptors (Lipinski definition) is 4. The fourth-order valence-electron chi connectivity index (χ4n) is 3.93. The Morgan fingerprint density at radius 3 is 2.79 bits per heavy atom. The number of halogens is 1. The minimum atomic E-state index is -0.448. The third kappa shape index (κ3) is 5.54. The average Bonchev–Trinajstić information content (AvgIpc) is 2.82. The van der Waals surface area contributed by atoms with E-state index in [9.17, 15) is 14.0 Å². The monoisotopic (exact) mass is 449 g/mol. The second kappa shape index (κ2) is 10.1. The van der Waals surface area contributed by atoms with Crippen molar-refractivity contribution in [1.82, 2.24) is 15.2 Å². The molecule has 0 aliphatic carbocycles. The predicted molar refractivity (Wildman–Crippen MR) is 124 cm³/mol. The summed E-state index contributed by atoms with van der Waals surface area (Å²) in [6, 6.07) is 15.4. The van der Waals surface area contributed by atoms with Gasteiger partial charge in [0.2, 0.25) is 5.91 Å². The van der Waals surface area contributed by atoms with Gasteiger partial charge in [0, 0.05) is 18.5 Å². The van der Waals surface area contributed by atoms with Crippen LogP contribution in [0.15, 0.2) is 54.6 Å². The van der Waals surface area contributed by atoms with Gasteiger partial charge in [-0.25, -0.2) is 9.37 Å². The summed E-state index contributed by atoms with van der Waals surface area (Å²) in [4.78, 5) is 32.2. The highest BCUT2D eigenvalue weighted by atomic mass is 19.1. The van der Waals surface area contributed by atoms with E-state index in [0.717, 1.165) is 5.39 Å². The number of nitrogens with zero attached hydrogens (tertiary/aromatic N) is 2. The van der Waals surface area contributed by atoms with E-state index < -0.39 is 6.10 Å². The van der Waals surface area contributed by atoms with E-state index >= 15 is 0 Å². The summed E-state index contributed by atoms with van der Waals surface area (Å²) < 4.78 is 19.4. The largest absolute Gasteiger partial charge is 0.368 e. The number of hydrogen-bond donors (Lipinski definition) is 1. The Labute approximate surface area is 192 Å². The third-order valence-corrected chi connectivity index (χ3v) is 5.64. The topological polar surface area (TPSA) is 71.5 Å². The molecule has 1 fully saturated rings. The highest BCUT2D eigenvalue weighted by Crippen LogP contribution is 2.26. The number of morpholine rings is 1. The molecular formula is C26H28FN3O3. The molecule has 2 aromatic carbocycles. The third-order valence-electron chi connectivity index (χ3n) is 5.64. The number of fused-ring (bicyclic) bond motifs is 1. The normalized spacial score (nSPS) is 16.2. The van der Waals surface area contributed by atoms with Crippen LogP contribution in [0.25, 0.3) is 10.9 Å². The molecule has 6 nitrogen and oxygen atoms in total. The number of aromatic nitrogens is 1. The zero-order chi connectivity index (χ0) is 23.4. The molecule has 1 N–H and O–H groups in total. The Morgan fingerprint density at radius 1 is 1.18 bits per heavy atom. The summed E-state index contributed by atoms with van der Waals surface area (Å²) in [5.41, 5.74) is 2.50. The molecule has 1 atom stereocenters. The van der Waals surface area contributed by atoms with Gasteiger partial charge in [0.1, 0.15) is 11.9 Å². The summed E-state index contributed by atoms with van der Waals surface area (Å²) >= 11 is 0. The number of para-hydroxylation sites is 1. The smallest absolute Gasteiger partial charge is 0.252 e. The van der Waals surface area contributed by atoms with Crippen LogP contribution in [0.1, 0.15) is 41.6 Å². The second-order valence-corrected chi connectivity index (χ2v) is 8.72. The van der Waals surface area contributed by atoms with E-state index in [1.54, 1.807) is 23.1 Å². The highest BCUT2D eigenvalue weighted by Gasteiger charge is 2.28. The van der Waals surface area contributed by atoms with Crippen LogP contribution in [0.2, 0.25) is 0 Å². The number of pyridine rings is 1. The summed E-state index contributed by atoms with van der Waals surface area (Å²) in [6.45, 7) is 5.81. The molecule has 0 radical (unpaired) electrons. The Kier molecular flexibility index (Phi) is 6.99. The Morgan fingerprint density at radius 2 is 2.00 bits per heavy atom. The molecule has 1 aliphatic rings. The first-order chi connectivity index (χ1) is 15.9. The molecule has 0 saturated carbocycles. The molecular weight excluding hydrogens is 421 g/mol. The first-order valence-corrected chi connectivity index (χ1v) is 11.2. The summed E-state index contributed by atoms with van der Waals surface area (Å²) in [7, 11) is 0. The van der Waals surface area contributed by atoms with E-state index in [1.807, 2.05) is 38.1 Å². The average molecular weight is 450 g/mol. The van der Waals surface area contributed by atoms with Gasteiger partial charge < -0.3 is 15.0 Å². The molecule has 0 spiro atoms. The molecule has 3 aromatic rings. The van der Waals surface area contributed by atoms with Crippen LogP contribution < -0.4 is 5.32 Å². The van der Waals surface area contributed by atoms with E-state index in [-0.39, 0.29) is 24.1 Å². The Balaban J connectivity index is 1.56. The maximum absolute atomic E-state index is 13.5. The molecule has 0 unspecified atom stereocenters. The number of nitrogens with one attached hydrogen (secondary N) is 1. The van der Waals surface area contributed by atoms with Crippen LogP contribution in [0.3, 0.4) is 0 Å². The van der Waals surface area contributed by atoms with Crippen LogP contribution >= 0.6 is 0 Å². The number of ether oxygens (including phenoxy) is 1. The van der Waals surface area contributed by atoms with Gasteiger partial charge in [-0.3, -0.25) is 9.59 Å². The molecule has 1 saturated heterocycles. The first-order valence-electron chi connectivity index (χ1n) is 11.2. The lowest BCUT2D eigenvalue weighted by molar-refractivity contribution is -0.138. The minimum Gasteiger partial charge on any atom is -0.368 e. The van der Waals surface area contributed by atoms with E-state index in [0.29, 0.717) is 54.5 Å². The van der Waals surface area contributed by atoms with Crippen molar-refractivity contribution in [2.45, 2.75) is 26.4 Å². The molecule has 2 heterocycles. The molecule has 33 heavy (non-hydrogen) atoms. The van der Waals surface area contributed by atoms with Gasteiger partial charge >= 0.3 is 0 Å². The van der Waals surface area contributed by atoms with Crippen LogP contribution in [-0.4, -0.2) is 47.9 Å². The first kappa shape index (κ1) is 22.9. The summed E-state index contributed by atoms with van der Waals surface area (Å²) in [6.07, 6.45) is -0.324. The van der Waals surface area contributed by atoms with E-state index in [2.05, 4.69) is 5.32 Å². The highest BCUT2D eigenvalue weighted by molar-refractivity contribution is 6.06. The van der Waals surface area contributed by atoms with Crippen molar-refractivity contribution in [2.24, 2.45) is 5.92 Å². The minimum absolute atomic E-state index is 0.0930. The SMILES string of the molecule is CC(C)CNC(=O)c1cc([C@@H]2CN(C(=O)Cc3cccc(F)c3)CCO2)nc2ccccc12. The fraction of sp³-hybridized carbons (Fsp3) is 0.346. The Hall–Kier alpha value is -3.32. The van der Waals surface area contributed by atoms with Gasteiger partial charge in [0.05, 0.1) is 36.3 Å². The zero-order valence-corrected chi connectivity index (χ0v) is 18.9. The molecule has 4 rings (SSSR count). The zero-order valence-electron chi connectivity index (χ0n) is 18.9. The number of benzene rings is 2. The molecule has 1 aliphatic heterocycles. The van der Waals surface area contributed by atoms with Crippen molar-refractivity contribution >= 4 is 22.7 Å². The number of carbonyl (C=O) groups is 2. The van der Waals surface area contributed by atoms with Crippen molar-refractivity contribution in [1.29, 1.82) is 0 Å². The summed E-state index contributed by atoms with van der Waals surface area (Å²) in [5.74, 6) is -0.271. The lowest BCUT2D eigenvalue weighted by Gasteiger charge is -2.33. The van der Waals surface area contributed by atoms with Crippen LogP contribution in [0.4, 0.5) is 4.39 Å². The maximum Gasteiger partial charge on any atom is 0.252 e. The fourth-order valence-corrected chi connectivity index (χ4v) is 3.93. The summed E-state index contributed by atoms with van der Waals surface area (Å²) in [5, 5.41) is 3.75. The van der Waals surface area contributed by atoms with Gasteiger partial charge in [-0.05, 0) is 35.7 Å². The van der Waals surface area contributed by atoms with Crippen molar-refractivity contribution in [3.05, 3.63) is 77.2 Å². The number of carbonyl (C=O) groups excluding carboxylic acids is 2. The van der Waals surface area contributed by atoms with Gasteiger partial charge in [-0.2, -0.15) is 0 Å². The predicted octanol–water partition coefficient (Wildman–Crippen LogP) is 3.90. The van der Waals surface area contributed by atoms with Gasteiger partial charge in [0.15, 0.2) is 0 Å². The molecule has 1 aromatic heterocycles. The van der Waals surface area contributed by atoms with Crippen molar-refractivity contribution < 1.29 is 18.7 Å². The quantitative estimate of drug-likeness (QED) is 0.620. The molecule has 0 bridgehead atoms. The van der Waals surface area contributed by atoms with Crippen molar-refractivity contribution in [3.63, 3.8) is 0 Å². The Bertz CT molecular complexity index is 1160. The maximum atomic E-state index is 13.5. The van der Waals surface area contributed by atoms with Crippen molar-refractivity contribution in [2.75, 3.05) is 26.2 Å². The van der Waals surface area contributed by atoms with Crippen LogP contribution in [0.5, 0.6) is 0 Å². The van der Waals surface area contributed by atoms with E-state index in [1.165, 1.54) is 12.1 Å². The lowest BCUT2D eigenvalue weighted by atomic mass is 10.0. The van der Waals surface area contributed by atoms with Crippen LogP contribution in [0, 0.1) is 11.7 Å². The number of rotatable bonds is 6.